The van der Waals surface area contributed by atoms with Gasteiger partial charge in [-0.25, -0.2) is 9.37 Å². The highest BCUT2D eigenvalue weighted by Crippen LogP contribution is 2.28. The molecule has 6 nitrogen and oxygen atoms in total. The second-order valence-electron chi connectivity index (χ2n) is 7.33. The van der Waals surface area contributed by atoms with Crippen molar-refractivity contribution in [2.75, 3.05) is 13.1 Å². The van der Waals surface area contributed by atoms with E-state index >= 15 is 0 Å². The maximum Gasteiger partial charge on any atom is 0.213 e. The Labute approximate surface area is 174 Å². The van der Waals surface area contributed by atoms with Crippen LogP contribution in [-0.2, 0) is 20.2 Å². The molecule has 0 atom stereocenters. The number of nitrogens with zero attached hydrogens (tertiary/aromatic N) is 5. The van der Waals surface area contributed by atoms with Gasteiger partial charge in [0.15, 0.2) is 0 Å². The van der Waals surface area contributed by atoms with E-state index in [1.165, 1.54) is 6.07 Å². The summed E-state index contributed by atoms with van der Waals surface area (Å²) in [5.41, 5.74) is 1.48. The molecule has 1 saturated heterocycles. The Morgan fingerprint density at radius 3 is 2.76 bits per heavy atom. The zero-order valence-electron chi connectivity index (χ0n) is 16.3. The molecule has 3 aromatic rings. The number of hydrogen-bond donors (Lipinski definition) is 0. The van der Waals surface area contributed by atoms with Gasteiger partial charge in [0, 0.05) is 35.3 Å². The zero-order valence-corrected chi connectivity index (χ0v) is 17.0. The summed E-state index contributed by atoms with van der Waals surface area (Å²) < 4.78 is 21.6. The molecule has 0 N–H and O–H groups in total. The lowest BCUT2D eigenvalue weighted by Crippen LogP contribution is -2.33. The zero-order chi connectivity index (χ0) is 20.2. The van der Waals surface area contributed by atoms with Crippen LogP contribution >= 0.6 is 11.6 Å². The first-order chi connectivity index (χ1) is 14.1. The molecule has 152 valence electrons. The molecule has 0 aliphatic carbocycles. The predicted molar refractivity (Wildman–Crippen MR) is 108 cm³/mol. The quantitative estimate of drug-likeness (QED) is 0.610. The van der Waals surface area contributed by atoms with Gasteiger partial charge in [-0.2, -0.15) is 0 Å². The number of aromatic nitrogens is 4. The molecular weight excluding hydrogens is 393 g/mol. The molecule has 1 fully saturated rings. The lowest BCUT2D eigenvalue weighted by Gasteiger charge is -2.31. The van der Waals surface area contributed by atoms with Crippen molar-refractivity contribution in [1.82, 2.24) is 24.6 Å². The van der Waals surface area contributed by atoms with Crippen LogP contribution in [0.15, 0.2) is 42.7 Å². The number of hydrogen-bond acceptors (Lipinski definition) is 5. The average Bonchev–Trinajstić information content (AvgIpc) is 3.13. The third-order valence-electron chi connectivity index (χ3n) is 5.31. The van der Waals surface area contributed by atoms with Crippen molar-refractivity contribution in [3.05, 3.63) is 70.6 Å². The van der Waals surface area contributed by atoms with Gasteiger partial charge in [0.05, 0.1) is 6.54 Å². The maximum absolute atomic E-state index is 13.9. The van der Waals surface area contributed by atoms with E-state index in [0.717, 1.165) is 44.0 Å². The summed E-state index contributed by atoms with van der Waals surface area (Å²) in [6, 6.07) is 10.4. The topological polar surface area (TPSA) is 56.1 Å². The average molecular weight is 416 g/mol. The van der Waals surface area contributed by atoms with Crippen LogP contribution in [-0.4, -0.2) is 37.7 Å². The molecule has 0 unspecified atom stereocenters. The van der Waals surface area contributed by atoms with Crippen molar-refractivity contribution < 1.29 is 9.13 Å². The molecule has 0 radical (unpaired) electrons. The number of rotatable bonds is 6. The number of ether oxygens (including phenoxy) is 1. The van der Waals surface area contributed by atoms with Crippen LogP contribution in [0.3, 0.4) is 0 Å². The van der Waals surface area contributed by atoms with Gasteiger partial charge in [0.2, 0.25) is 5.88 Å². The van der Waals surface area contributed by atoms with E-state index in [2.05, 4.69) is 20.1 Å². The minimum atomic E-state index is -0.371. The normalized spacial score (nSPS) is 15.6. The minimum absolute atomic E-state index is 0.121. The Balaban J connectivity index is 1.33. The Hall–Kier alpha value is -2.51. The first-order valence-electron chi connectivity index (χ1n) is 9.67. The summed E-state index contributed by atoms with van der Waals surface area (Å²) in [5.74, 6) is 1.51. The molecule has 0 bridgehead atoms. The predicted octanol–water partition coefficient (Wildman–Crippen LogP) is 3.96. The van der Waals surface area contributed by atoms with E-state index in [0.29, 0.717) is 22.4 Å². The highest BCUT2D eigenvalue weighted by Gasteiger charge is 2.23. The van der Waals surface area contributed by atoms with Crippen LogP contribution in [0, 0.1) is 5.82 Å². The third-order valence-corrected chi connectivity index (χ3v) is 5.55. The van der Waals surface area contributed by atoms with Crippen molar-refractivity contribution in [3.8, 4) is 5.88 Å². The maximum atomic E-state index is 13.9. The van der Waals surface area contributed by atoms with Crippen LogP contribution < -0.4 is 4.74 Å². The molecule has 3 heterocycles. The molecular formula is C21H23ClFN5O. The van der Waals surface area contributed by atoms with Crippen LogP contribution in [0.25, 0.3) is 0 Å². The second-order valence-corrected chi connectivity index (χ2v) is 7.77. The first-order valence-corrected chi connectivity index (χ1v) is 10.0. The highest BCUT2D eigenvalue weighted by molar-refractivity contribution is 6.30. The minimum Gasteiger partial charge on any atom is -0.473 e. The van der Waals surface area contributed by atoms with Gasteiger partial charge in [-0.1, -0.05) is 23.7 Å². The summed E-state index contributed by atoms with van der Waals surface area (Å²) in [5, 5.41) is 8.48. The Morgan fingerprint density at radius 2 is 2.03 bits per heavy atom. The van der Waals surface area contributed by atoms with Gasteiger partial charge >= 0.3 is 0 Å². The largest absolute Gasteiger partial charge is 0.473 e. The van der Waals surface area contributed by atoms with Gasteiger partial charge in [0.25, 0.3) is 0 Å². The van der Waals surface area contributed by atoms with Gasteiger partial charge < -0.3 is 9.30 Å². The van der Waals surface area contributed by atoms with E-state index in [-0.39, 0.29) is 12.4 Å². The fraction of sp³-hybridized carbons (Fsp3) is 0.381. The smallest absolute Gasteiger partial charge is 0.213 e. The van der Waals surface area contributed by atoms with Crippen molar-refractivity contribution in [2.24, 2.45) is 7.05 Å². The molecule has 8 heteroatoms. The van der Waals surface area contributed by atoms with E-state index < -0.39 is 0 Å². The third kappa shape index (κ3) is 4.92. The summed E-state index contributed by atoms with van der Waals surface area (Å²) in [6.07, 6.45) is 3.79. The van der Waals surface area contributed by atoms with Gasteiger partial charge in [-0.05, 0) is 44.1 Å². The number of benzene rings is 1. The molecule has 1 aliphatic rings. The van der Waals surface area contributed by atoms with Crippen LogP contribution in [0.2, 0.25) is 5.02 Å². The fourth-order valence-electron chi connectivity index (χ4n) is 3.57. The van der Waals surface area contributed by atoms with E-state index in [9.17, 15) is 4.39 Å². The Bertz CT molecular complexity index is 971. The Morgan fingerprint density at radius 1 is 1.21 bits per heavy atom. The first kappa shape index (κ1) is 19.8. The van der Waals surface area contributed by atoms with Gasteiger partial charge in [0.1, 0.15) is 24.6 Å². The SMILES string of the molecule is Cn1cnnc1CN1CCC(c2cccc(OCc3ccc(Cl)cc3F)n2)CC1. The van der Waals surface area contributed by atoms with Gasteiger partial charge in [-0.15, -0.1) is 10.2 Å². The standard InChI is InChI=1S/C21H23ClFN5O/c1-27-14-24-26-20(27)12-28-9-7-15(8-10-28)19-3-2-4-21(25-19)29-13-16-5-6-17(22)11-18(16)23/h2-6,11,14-15H,7-10,12-13H2,1H3. The Kier molecular flexibility index (Phi) is 6.06. The molecule has 2 aromatic heterocycles. The molecule has 1 aliphatic heterocycles. The number of piperidine rings is 1. The number of likely N-dealkylation sites (tertiary alicyclic amines) is 1. The van der Waals surface area contributed by atoms with Crippen LogP contribution in [0.5, 0.6) is 5.88 Å². The summed E-state index contributed by atoms with van der Waals surface area (Å²) in [4.78, 5) is 7.05. The summed E-state index contributed by atoms with van der Waals surface area (Å²) in [7, 11) is 1.97. The molecule has 4 rings (SSSR count). The highest BCUT2D eigenvalue weighted by atomic mass is 35.5. The molecule has 29 heavy (non-hydrogen) atoms. The molecule has 1 aromatic carbocycles. The lowest BCUT2D eigenvalue weighted by molar-refractivity contribution is 0.196. The number of halogens is 2. The van der Waals surface area contributed by atoms with Crippen molar-refractivity contribution in [3.63, 3.8) is 0 Å². The fourth-order valence-corrected chi connectivity index (χ4v) is 3.72. The lowest BCUT2D eigenvalue weighted by atomic mass is 9.93. The molecule has 0 amide bonds. The monoisotopic (exact) mass is 415 g/mol. The van der Waals surface area contributed by atoms with Crippen molar-refractivity contribution >= 4 is 11.6 Å². The van der Waals surface area contributed by atoms with Gasteiger partial charge in [-0.3, -0.25) is 4.90 Å². The van der Waals surface area contributed by atoms with E-state index in [1.54, 1.807) is 24.5 Å². The summed E-state index contributed by atoms with van der Waals surface area (Å²) >= 11 is 5.79. The van der Waals surface area contributed by atoms with Crippen LogP contribution in [0.4, 0.5) is 4.39 Å². The molecule has 0 saturated carbocycles. The van der Waals surface area contributed by atoms with E-state index in [4.69, 9.17) is 16.3 Å². The van der Waals surface area contributed by atoms with Crippen molar-refractivity contribution in [1.29, 1.82) is 0 Å². The second kappa shape index (κ2) is 8.88. The number of aryl methyl sites for hydroxylation is 1. The van der Waals surface area contributed by atoms with E-state index in [1.807, 2.05) is 23.7 Å². The number of pyridine rings is 1. The molecule has 0 spiro atoms. The van der Waals surface area contributed by atoms with Crippen LogP contribution in [0.1, 0.15) is 35.8 Å². The van der Waals surface area contributed by atoms with Crippen molar-refractivity contribution in [2.45, 2.75) is 31.9 Å². The summed E-state index contributed by atoms with van der Waals surface area (Å²) in [6.45, 7) is 2.91.